The van der Waals surface area contributed by atoms with Gasteiger partial charge in [-0.3, -0.25) is 0 Å². The molecule has 0 amide bonds. The topological polar surface area (TPSA) is 8.72 Å². The van der Waals surface area contributed by atoms with Crippen LogP contribution < -0.4 is 0 Å². The minimum atomic E-state index is 0.646. The Morgan fingerprint density at radius 2 is 1.17 bits per heavy atom. The largest absolute Gasteiger partial charge is 0.317 e. The third-order valence-electron chi connectivity index (χ3n) is 3.05. The molecule has 0 aliphatic heterocycles. The van der Waals surface area contributed by atoms with Crippen molar-refractivity contribution >= 4 is 0 Å². The van der Waals surface area contributed by atoms with Gasteiger partial charge in [-0.25, -0.2) is 13.1 Å². The smallest absolute Gasteiger partial charge is 0.214 e. The zero-order valence-corrected chi connectivity index (χ0v) is 10.9. The molecule has 0 radical (unpaired) electrons. The minimum absolute atomic E-state index is 0.646. The molecule has 1 aromatic rings. The summed E-state index contributed by atoms with van der Waals surface area (Å²) in [5.41, 5.74) is 2.84. The molecule has 0 fully saturated rings. The van der Waals surface area contributed by atoms with Gasteiger partial charge in [-0.2, -0.15) is 0 Å². The maximum absolute atomic E-state index is 6.76. The van der Waals surface area contributed by atoms with Gasteiger partial charge in [0.2, 0.25) is 13.1 Å². The van der Waals surface area contributed by atoms with Gasteiger partial charge in [-0.15, -0.1) is 0 Å². The van der Waals surface area contributed by atoms with Crippen LogP contribution in [0.5, 0.6) is 0 Å². The van der Waals surface area contributed by atoms with Crippen LogP contribution in [0.2, 0.25) is 0 Å². The first kappa shape index (κ1) is 14.3. The van der Waals surface area contributed by atoms with Crippen LogP contribution in [0.4, 0.5) is 0 Å². The molecule has 0 aliphatic rings. The van der Waals surface area contributed by atoms with Crippen LogP contribution in [0.3, 0.4) is 0 Å². The van der Waals surface area contributed by atoms with E-state index in [0.29, 0.717) is 13.1 Å². The highest BCUT2D eigenvalue weighted by Gasteiger charge is 2.02. The zero-order valence-electron chi connectivity index (χ0n) is 10.9. The molecule has 1 rings (SSSR count). The molecule has 2 nitrogen and oxygen atoms in total. The fourth-order valence-corrected chi connectivity index (χ4v) is 2.06. The van der Waals surface area contributed by atoms with Gasteiger partial charge >= 0.3 is 0 Å². The van der Waals surface area contributed by atoms with Crippen LogP contribution in [0, 0.1) is 13.1 Å². The number of benzene rings is 1. The van der Waals surface area contributed by atoms with Crippen molar-refractivity contribution in [2.24, 2.45) is 0 Å². The van der Waals surface area contributed by atoms with Crippen molar-refractivity contribution in [2.75, 3.05) is 13.1 Å². The predicted octanol–water partition coefficient (Wildman–Crippen LogP) is 4.17. The van der Waals surface area contributed by atoms with Gasteiger partial charge in [0.1, 0.15) is 0 Å². The maximum Gasteiger partial charge on any atom is 0.214 e. The van der Waals surface area contributed by atoms with E-state index in [9.17, 15) is 0 Å². The summed E-state index contributed by atoms with van der Waals surface area (Å²) in [5.74, 6) is 0. The molecule has 0 atom stereocenters. The molecule has 0 spiro atoms. The summed E-state index contributed by atoms with van der Waals surface area (Å²) in [7, 11) is 0. The van der Waals surface area contributed by atoms with Gasteiger partial charge in [0.25, 0.3) is 0 Å². The Morgan fingerprint density at radius 3 is 1.56 bits per heavy atom. The van der Waals surface area contributed by atoms with Crippen molar-refractivity contribution in [3.63, 3.8) is 0 Å². The van der Waals surface area contributed by atoms with Gasteiger partial charge in [-0.1, -0.05) is 24.3 Å². The third kappa shape index (κ3) is 5.51. The molecule has 0 N–H and O–H groups in total. The summed E-state index contributed by atoms with van der Waals surface area (Å²) in [4.78, 5) is 6.76. The Hall–Kier alpha value is -1.80. The molecule has 0 saturated heterocycles. The van der Waals surface area contributed by atoms with E-state index >= 15 is 0 Å². The lowest BCUT2D eigenvalue weighted by atomic mass is 9.98. The quantitative estimate of drug-likeness (QED) is 0.476. The highest BCUT2D eigenvalue weighted by molar-refractivity contribution is 5.27. The SMILES string of the molecule is [C-]#[N+]CCCCc1ccccc1CCCC[N+]#[C-]. The average molecular weight is 240 g/mol. The fourth-order valence-electron chi connectivity index (χ4n) is 2.06. The Kier molecular flexibility index (Phi) is 7.33. The van der Waals surface area contributed by atoms with Gasteiger partial charge in [-0.05, 0) is 36.8 Å². The van der Waals surface area contributed by atoms with Gasteiger partial charge in [0.05, 0.1) is 0 Å². The molecule has 0 unspecified atom stereocenters. The molecule has 0 bridgehead atoms. The van der Waals surface area contributed by atoms with Crippen LogP contribution in [0.25, 0.3) is 9.69 Å². The molecule has 0 saturated carbocycles. The van der Waals surface area contributed by atoms with E-state index in [4.69, 9.17) is 13.1 Å². The van der Waals surface area contributed by atoms with Crippen molar-refractivity contribution in [3.8, 4) is 0 Å². The number of unbranched alkanes of at least 4 members (excludes halogenated alkanes) is 2. The predicted molar refractivity (Wildman–Crippen MR) is 75.3 cm³/mol. The normalized spacial score (nSPS) is 9.67. The summed E-state index contributed by atoms with van der Waals surface area (Å²) in [5, 5.41) is 0. The van der Waals surface area contributed by atoms with Crippen LogP contribution >= 0.6 is 0 Å². The second-order valence-corrected chi connectivity index (χ2v) is 4.45. The molecule has 94 valence electrons. The molecular weight excluding hydrogens is 220 g/mol. The van der Waals surface area contributed by atoms with Gasteiger partial charge < -0.3 is 9.69 Å². The molecule has 18 heavy (non-hydrogen) atoms. The average Bonchev–Trinajstić information content (AvgIpc) is 2.41. The number of hydrogen-bond donors (Lipinski definition) is 0. The van der Waals surface area contributed by atoms with E-state index in [1.807, 2.05) is 0 Å². The van der Waals surface area contributed by atoms with Crippen molar-refractivity contribution in [3.05, 3.63) is 58.2 Å². The molecule has 0 aromatic heterocycles. The summed E-state index contributed by atoms with van der Waals surface area (Å²) >= 11 is 0. The highest BCUT2D eigenvalue weighted by atomic mass is 14.6. The summed E-state index contributed by atoms with van der Waals surface area (Å²) in [6.45, 7) is 14.8. The van der Waals surface area contributed by atoms with Gasteiger partial charge in [0, 0.05) is 12.8 Å². The van der Waals surface area contributed by atoms with Crippen LogP contribution in [-0.4, -0.2) is 13.1 Å². The molecule has 0 aliphatic carbocycles. The Labute approximate surface area is 110 Å². The first-order valence-electron chi connectivity index (χ1n) is 6.61. The molecule has 1 aromatic carbocycles. The van der Waals surface area contributed by atoms with Gasteiger partial charge in [0.15, 0.2) is 0 Å². The second kappa shape index (κ2) is 9.25. The van der Waals surface area contributed by atoms with Crippen molar-refractivity contribution < 1.29 is 0 Å². The molecule has 0 heterocycles. The van der Waals surface area contributed by atoms with E-state index in [2.05, 4.69) is 34.0 Å². The summed E-state index contributed by atoms with van der Waals surface area (Å²) in [6, 6.07) is 8.57. The Balaban J connectivity index is 2.41. The van der Waals surface area contributed by atoms with E-state index in [0.717, 1.165) is 38.5 Å². The second-order valence-electron chi connectivity index (χ2n) is 4.45. The molecule has 2 heteroatoms. The lowest BCUT2D eigenvalue weighted by Crippen LogP contribution is -1.96. The van der Waals surface area contributed by atoms with Crippen LogP contribution in [0.1, 0.15) is 36.8 Å². The van der Waals surface area contributed by atoms with Crippen molar-refractivity contribution in [1.29, 1.82) is 0 Å². The highest BCUT2D eigenvalue weighted by Crippen LogP contribution is 2.15. The summed E-state index contributed by atoms with van der Waals surface area (Å²) in [6.07, 6.45) is 6.34. The van der Waals surface area contributed by atoms with E-state index < -0.39 is 0 Å². The Bertz CT molecular complexity index is 382. The van der Waals surface area contributed by atoms with Crippen molar-refractivity contribution in [1.82, 2.24) is 0 Å². The fraction of sp³-hybridized carbons (Fsp3) is 0.500. The first-order chi connectivity index (χ1) is 8.88. The lowest BCUT2D eigenvalue weighted by molar-refractivity contribution is 0.745. The lowest BCUT2D eigenvalue weighted by Gasteiger charge is -2.08. The summed E-state index contributed by atoms with van der Waals surface area (Å²) < 4.78 is 0. The van der Waals surface area contributed by atoms with E-state index in [1.165, 1.54) is 11.1 Å². The number of hydrogen-bond acceptors (Lipinski definition) is 0. The first-order valence-corrected chi connectivity index (χ1v) is 6.61. The standard InChI is InChI=1S/C16H20N2/c1-17-13-7-5-11-15-9-3-4-10-16(15)12-6-8-14-18-2/h3-4,9-10H,5-8,11-14H2. The monoisotopic (exact) mass is 240 g/mol. The van der Waals surface area contributed by atoms with E-state index in [-0.39, 0.29) is 0 Å². The van der Waals surface area contributed by atoms with Crippen LogP contribution in [0.15, 0.2) is 24.3 Å². The van der Waals surface area contributed by atoms with Crippen LogP contribution in [-0.2, 0) is 12.8 Å². The third-order valence-corrected chi connectivity index (χ3v) is 3.05. The van der Waals surface area contributed by atoms with E-state index in [1.54, 1.807) is 0 Å². The number of aryl methyl sites for hydroxylation is 2. The minimum Gasteiger partial charge on any atom is -0.317 e. The number of rotatable bonds is 8. The Morgan fingerprint density at radius 1 is 0.722 bits per heavy atom. The van der Waals surface area contributed by atoms with Crippen molar-refractivity contribution in [2.45, 2.75) is 38.5 Å². The zero-order chi connectivity index (χ0) is 13.1. The maximum atomic E-state index is 6.76. The molecular formula is C16H20N2. The number of nitrogens with zero attached hydrogens (tertiary/aromatic N) is 2.